The topological polar surface area (TPSA) is 157 Å². The highest BCUT2D eigenvalue weighted by molar-refractivity contribution is 6.18. The van der Waals surface area contributed by atoms with Crippen molar-refractivity contribution in [1.82, 2.24) is 0 Å². The molecule has 0 unspecified atom stereocenters. The maximum absolute atomic E-state index is 11.1. The van der Waals surface area contributed by atoms with Crippen LogP contribution in [0.4, 0.5) is 17.1 Å². The summed E-state index contributed by atoms with van der Waals surface area (Å²) in [4.78, 5) is 29.0. The van der Waals surface area contributed by atoms with E-state index in [2.05, 4.69) is 0 Å². The second-order valence-electron chi connectivity index (χ2n) is 5.36. The summed E-state index contributed by atoms with van der Waals surface area (Å²) in [7, 11) is 0. The average molecular weight is 462 g/mol. The monoisotopic (exact) mass is 460 g/mol. The summed E-state index contributed by atoms with van der Waals surface area (Å²) in [5, 5.41) is 42.1. The molecule has 0 amide bonds. The number of hydrogen-bond acceptors (Lipinski definition) is 7. The second kappa shape index (κ2) is 14.1. The molecule has 0 fully saturated rings. The molecule has 0 aromatic heterocycles. The molecule has 0 saturated carbocycles. The molecule has 28 heavy (non-hydrogen) atoms. The van der Waals surface area contributed by atoms with Crippen LogP contribution in [0.5, 0.6) is 5.75 Å². The lowest BCUT2D eigenvalue weighted by atomic mass is 10.2. The fraction of sp³-hybridized carbons (Fsp3) is 0.571. The third kappa shape index (κ3) is 9.31. The predicted molar refractivity (Wildman–Crippen MR) is 103 cm³/mol. The van der Waals surface area contributed by atoms with E-state index in [-0.39, 0.29) is 0 Å². The Kier molecular flexibility index (Phi) is 13.1. The van der Waals surface area contributed by atoms with Gasteiger partial charge in [0.1, 0.15) is 0 Å². The van der Waals surface area contributed by atoms with E-state index in [0.29, 0.717) is 12.1 Å². The van der Waals surface area contributed by atoms with E-state index in [0.717, 1.165) is 50.1 Å². The molecule has 158 valence electrons. The number of nitrogens with one attached hydrogen (secondary N) is 1. The van der Waals surface area contributed by atoms with Crippen LogP contribution < -0.4 is 10.0 Å². The first-order chi connectivity index (χ1) is 13.2. The molecular formula is C14H19Cl3N4O7. The van der Waals surface area contributed by atoms with Gasteiger partial charge < -0.3 is 10.0 Å². The van der Waals surface area contributed by atoms with Gasteiger partial charge in [0.2, 0.25) is 0 Å². The van der Waals surface area contributed by atoms with Crippen LogP contribution in [0, 0.1) is 30.3 Å². The van der Waals surface area contributed by atoms with Gasteiger partial charge in [-0.2, -0.15) is 0 Å². The summed E-state index contributed by atoms with van der Waals surface area (Å²) in [6.07, 6.45) is 2.13. The number of non-ortho nitro benzene ring substituents is 1. The number of rotatable bonds is 11. The third-order valence-corrected chi connectivity index (χ3v) is 4.14. The summed E-state index contributed by atoms with van der Waals surface area (Å²) in [6, 6.07) is 0.769. The van der Waals surface area contributed by atoms with Gasteiger partial charge >= 0.3 is 0 Å². The zero-order chi connectivity index (χ0) is 21.7. The van der Waals surface area contributed by atoms with Crippen LogP contribution in [0.3, 0.4) is 0 Å². The van der Waals surface area contributed by atoms with Crippen LogP contribution in [0.15, 0.2) is 12.1 Å². The summed E-state index contributed by atoms with van der Waals surface area (Å²) >= 11 is 16.9. The van der Waals surface area contributed by atoms with Gasteiger partial charge in [-0.25, -0.2) is 0 Å². The van der Waals surface area contributed by atoms with Crippen LogP contribution in [0.25, 0.3) is 0 Å². The molecule has 0 heterocycles. The van der Waals surface area contributed by atoms with Gasteiger partial charge in [0.05, 0.1) is 58.2 Å². The molecule has 0 spiro atoms. The van der Waals surface area contributed by atoms with Gasteiger partial charge in [0.25, 0.3) is 17.1 Å². The van der Waals surface area contributed by atoms with Crippen molar-refractivity contribution in [3.63, 3.8) is 0 Å². The fourth-order valence-corrected chi connectivity index (χ4v) is 2.64. The summed E-state index contributed by atoms with van der Waals surface area (Å²) < 4.78 is 0. The van der Waals surface area contributed by atoms with E-state index in [4.69, 9.17) is 34.8 Å². The number of nitrogens with zero attached hydrogens (tertiary/aromatic N) is 3. The summed E-state index contributed by atoms with van der Waals surface area (Å²) in [5.74, 6) is 0.750. The van der Waals surface area contributed by atoms with Gasteiger partial charge in [-0.15, -0.1) is 34.8 Å². The Morgan fingerprint density at radius 2 is 1.18 bits per heavy atom. The first-order valence-electron chi connectivity index (χ1n) is 7.99. The van der Waals surface area contributed by atoms with Gasteiger partial charge in [-0.3, -0.25) is 30.3 Å². The molecule has 1 aromatic rings. The largest absolute Gasteiger partial charge is 0.863 e. The Morgan fingerprint density at radius 1 is 0.750 bits per heavy atom. The molecular weight excluding hydrogens is 443 g/mol. The highest BCUT2D eigenvalue weighted by atomic mass is 35.5. The average Bonchev–Trinajstić information content (AvgIpc) is 2.64. The molecule has 0 aliphatic heterocycles. The van der Waals surface area contributed by atoms with Crippen molar-refractivity contribution in [2.75, 3.05) is 37.3 Å². The van der Waals surface area contributed by atoms with Crippen molar-refractivity contribution in [1.29, 1.82) is 0 Å². The molecule has 0 radical (unpaired) electrons. The number of hydrogen-bond donors (Lipinski definition) is 1. The van der Waals surface area contributed by atoms with Crippen molar-refractivity contribution in [3.8, 4) is 5.75 Å². The lowest BCUT2D eigenvalue weighted by molar-refractivity contribution is -0.897. The molecule has 11 nitrogen and oxygen atoms in total. The SMILES string of the molecule is ClCCC[NH+](CCCl)CCCCl.O=[N+]([O-])c1cc([N+](=O)[O-])c([O-])c([N+](=O)[O-])c1. The lowest BCUT2D eigenvalue weighted by Gasteiger charge is -2.16. The van der Waals surface area contributed by atoms with E-state index < -0.39 is 37.6 Å². The van der Waals surface area contributed by atoms with Crippen LogP contribution in [0.1, 0.15) is 12.8 Å². The number of benzene rings is 1. The van der Waals surface area contributed by atoms with Gasteiger partial charge in [0.15, 0.2) is 0 Å². The van der Waals surface area contributed by atoms with E-state index in [1.165, 1.54) is 4.90 Å². The van der Waals surface area contributed by atoms with Gasteiger partial charge in [-0.1, -0.05) is 0 Å². The summed E-state index contributed by atoms with van der Waals surface area (Å²) in [5.41, 5.74) is -3.26. The number of nitro benzene ring substituents is 3. The molecule has 0 aliphatic carbocycles. The van der Waals surface area contributed by atoms with E-state index >= 15 is 0 Å². The van der Waals surface area contributed by atoms with Crippen LogP contribution in [-0.2, 0) is 0 Å². The molecule has 0 bridgehead atoms. The highest BCUT2D eigenvalue weighted by Gasteiger charge is 2.24. The molecule has 0 saturated heterocycles. The highest BCUT2D eigenvalue weighted by Crippen LogP contribution is 2.36. The Balaban J connectivity index is 0.000000546. The van der Waals surface area contributed by atoms with Crippen molar-refractivity contribution in [3.05, 3.63) is 42.5 Å². The molecule has 1 N–H and O–H groups in total. The third-order valence-electron chi connectivity index (χ3n) is 3.41. The fourth-order valence-electron chi connectivity index (χ4n) is 2.10. The van der Waals surface area contributed by atoms with E-state index in [1.807, 2.05) is 0 Å². The van der Waals surface area contributed by atoms with Gasteiger partial charge in [-0.05, 0) is 0 Å². The lowest BCUT2D eigenvalue weighted by Crippen LogP contribution is -3.12. The van der Waals surface area contributed by atoms with Crippen molar-refractivity contribution < 1.29 is 24.8 Å². The number of alkyl halides is 3. The van der Waals surface area contributed by atoms with Crippen LogP contribution in [-0.4, -0.2) is 52.0 Å². The molecule has 1 aromatic carbocycles. The minimum atomic E-state index is -1.46. The standard InChI is InChI=1S/C8H16Cl3N.C6H3N3O7/c9-3-1-6-12(8-5-11)7-2-4-10;10-6-4(8(13)14)1-3(7(11)12)2-5(6)9(15)16/h1-8H2;1-2,10H. The first kappa shape index (κ1) is 26.1. The summed E-state index contributed by atoms with van der Waals surface area (Å²) in [6.45, 7) is 3.26. The normalized spacial score (nSPS) is 10.3. The predicted octanol–water partition coefficient (Wildman–Crippen LogP) is 1.85. The first-order valence-corrected chi connectivity index (χ1v) is 9.59. The zero-order valence-electron chi connectivity index (χ0n) is 14.6. The minimum Gasteiger partial charge on any atom is -0.863 e. The molecule has 0 atom stereocenters. The Morgan fingerprint density at radius 3 is 1.46 bits per heavy atom. The van der Waals surface area contributed by atoms with Crippen LogP contribution >= 0.6 is 34.8 Å². The Hall–Kier alpha value is -1.95. The maximum atomic E-state index is 11.1. The van der Waals surface area contributed by atoms with E-state index in [1.54, 1.807) is 0 Å². The minimum absolute atomic E-state index is 0.384. The molecule has 1 rings (SSSR count). The van der Waals surface area contributed by atoms with Crippen molar-refractivity contribution in [2.24, 2.45) is 0 Å². The number of quaternary nitrogens is 1. The number of halogens is 3. The van der Waals surface area contributed by atoms with Crippen LogP contribution in [0.2, 0.25) is 0 Å². The Labute approximate surface area is 175 Å². The smallest absolute Gasteiger partial charge is 0.283 e. The van der Waals surface area contributed by atoms with Gasteiger partial charge in [0, 0.05) is 24.6 Å². The molecule has 0 aliphatic rings. The number of nitro groups is 3. The van der Waals surface area contributed by atoms with Crippen molar-refractivity contribution >= 4 is 51.9 Å². The maximum Gasteiger partial charge on any atom is 0.283 e. The zero-order valence-corrected chi connectivity index (χ0v) is 16.9. The molecule has 14 heteroatoms. The van der Waals surface area contributed by atoms with Crippen molar-refractivity contribution in [2.45, 2.75) is 12.8 Å². The van der Waals surface area contributed by atoms with E-state index in [9.17, 15) is 35.4 Å². The second-order valence-corrected chi connectivity index (χ2v) is 6.49. The quantitative estimate of drug-likeness (QED) is 0.299. The Bertz CT molecular complexity index is 635.